The van der Waals surface area contributed by atoms with Gasteiger partial charge in [-0.2, -0.15) is 0 Å². The van der Waals surface area contributed by atoms with E-state index in [2.05, 4.69) is 71.9 Å². The first-order chi connectivity index (χ1) is 9.79. The van der Waals surface area contributed by atoms with E-state index in [0.717, 1.165) is 18.8 Å². The molecule has 1 heteroatoms. The lowest BCUT2D eigenvalue weighted by molar-refractivity contribution is 0.279. The molecule has 1 atom stereocenters. The van der Waals surface area contributed by atoms with Crippen molar-refractivity contribution >= 4 is 0 Å². The Bertz CT molecular complexity index is 447. The Morgan fingerprint density at radius 1 is 1.19 bits per heavy atom. The van der Waals surface area contributed by atoms with Crippen LogP contribution in [0.2, 0.25) is 0 Å². The molecule has 0 heterocycles. The van der Waals surface area contributed by atoms with Crippen molar-refractivity contribution in [3.8, 4) is 5.75 Å². The number of rotatable bonds is 7. The normalized spacial score (nSPS) is 12.9. The largest absolute Gasteiger partial charge is 0.494 e. The Morgan fingerprint density at radius 3 is 2.52 bits per heavy atom. The van der Waals surface area contributed by atoms with E-state index in [0.29, 0.717) is 5.92 Å². The lowest BCUT2D eigenvalue weighted by atomic mass is 9.87. The highest BCUT2D eigenvalue weighted by molar-refractivity contribution is 5.32. The maximum absolute atomic E-state index is 5.92. The molecule has 0 radical (unpaired) electrons. The molecule has 1 rings (SSSR count). The van der Waals surface area contributed by atoms with Gasteiger partial charge in [-0.05, 0) is 62.1 Å². The van der Waals surface area contributed by atoms with Gasteiger partial charge in [0.15, 0.2) is 0 Å². The van der Waals surface area contributed by atoms with Crippen LogP contribution in [0.3, 0.4) is 0 Å². The molecule has 0 fully saturated rings. The van der Waals surface area contributed by atoms with E-state index in [-0.39, 0.29) is 5.41 Å². The second kappa shape index (κ2) is 8.26. The fraction of sp³-hybridized carbons (Fsp3) is 0.600. The molecule has 0 aliphatic carbocycles. The maximum atomic E-state index is 5.92. The minimum absolute atomic E-state index is 0.178. The van der Waals surface area contributed by atoms with Gasteiger partial charge in [-0.1, -0.05) is 51.5 Å². The van der Waals surface area contributed by atoms with Gasteiger partial charge in [0.25, 0.3) is 0 Å². The molecule has 0 saturated heterocycles. The number of ether oxygens (including phenoxy) is 1. The zero-order chi connectivity index (χ0) is 15.9. The van der Waals surface area contributed by atoms with Crippen LogP contribution in [0.15, 0.2) is 35.9 Å². The second-order valence-electron chi connectivity index (χ2n) is 7.38. The van der Waals surface area contributed by atoms with Crippen LogP contribution in [-0.4, -0.2) is 6.61 Å². The molecule has 21 heavy (non-hydrogen) atoms. The third kappa shape index (κ3) is 7.36. The first-order valence-electron chi connectivity index (χ1n) is 8.15. The smallest absolute Gasteiger partial charge is 0.119 e. The number of allylic oxidation sites excluding steroid dienone is 2. The molecule has 1 aromatic carbocycles. The molecular weight excluding hydrogens is 256 g/mol. The molecule has 0 spiro atoms. The van der Waals surface area contributed by atoms with Crippen molar-refractivity contribution < 1.29 is 4.74 Å². The summed E-state index contributed by atoms with van der Waals surface area (Å²) in [6, 6.07) is 8.50. The Kier molecular flexibility index (Phi) is 7.01. The molecule has 0 aliphatic heterocycles. The van der Waals surface area contributed by atoms with E-state index in [9.17, 15) is 0 Å². The first kappa shape index (κ1) is 17.8. The molecule has 0 aliphatic rings. The molecule has 0 unspecified atom stereocenters. The van der Waals surface area contributed by atoms with Crippen molar-refractivity contribution in [1.29, 1.82) is 0 Å². The monoisotopic (exact) mass is 288 g/mol. The highest BCUT2D eigenvalue weighted by Crippen LogP contribution is 2.25. The Balaban J connectivity index is 2.37. The van der Waals surface area contributed by atoms with E-state index >= 15 is 0 Å². The van der Waals surface area contributed by atoms with Gasteiger partial charge in [0.1, 0.15) is 5.75 Å². The van der Waals surface area contributed by atoms with Crippen molar-refractivity contribution in [2.24, 2.45) is 5.92 Å². The van der Waals surface area contributed by atoms with Crippen LogP contribution in [0.1, 0.15) is 66.4 Å². The Labute approximate surface area is 131 Å². The van der Waals surface area contributed by atoms with Gasteiger partial charge in [-0.15, -0.1) is 0 Å². The van der Waals surface area contributed by atoms with Crippen LogP contribution in [0.25, 0.3) is 0 Å². The van der Waals surface area contributed by atoms with Crippen LogP contribution in [0.5, 0.6) is 5.75 Å². The Morgan fingerprint density at radius 2 is 1.90 bits per heavy atom. The molecule has 0 bridgehead atoms. The molecule has 1 aromatic rings. The molecule has 0 amide bonds. The number of hydrogen-bond acceptors (Lipinski definition) is 1. The minimum Gasteiger partial charge on any atom is -0.494 e. The third-order valence-electron chi connectivity index (χ3n) is 3.79. The Hall–Kier alpha value is -1.24. The van der Waals surface area contributed by atoms with Gasteiger partial charge in [0.05, 0.1) is 6.61 Å². The number of benzene rings is 1. The summed E-state index contributed by atoms with van der Waals surface area (Å²) >= 11 is 0. The minimum atomic E-state index is 0.178. The average molecular weight is 288 g/mol. The summed E-state index contributed by atoms with van der Waals surface area (Å²) in [7, 11) is 0. The van der Waals surface area contributed by atoms with Crippen molar-refractivity contribution in [1.82, 2.24) is 0 Å². The van der Waals surface area contributed by atoms with Crippen molar-refractivity contribution in [2.75, 3.05) is 6.61 Å². The van der Waals surface area contributed by atoms with Gasteiger partial charge in [0, 0.05) is 0 Å². The summed E-state index contributed by atoms with van der Waals surface area (Å²) in [5.74, 6) is 1.71. The second-order valence-corrected chi connectivity index (χ2v) is 7.38. The molecule has 0 aromatic heterocycles. The van der Waals surface area contributed by atoms with Gasteiger partial charge >= 0.3 is 0 Å². The van der Waals surface area contributed by atoms with Crippen molar-refractivity contribution in [3.05, 3.63) is 41.5 Å². The van der Waals surface area contributed by atoms with E-state index in [1.165, 1.54) is 24.0 Å². The fourth-order valence-electron chi connectivity index (χ4n) is 2.23. The molecule has 0 saturated carbocycles. The summed E-state index contributed by atoms with van der Waals surface area (Å²) in [6.45, 7) is 14.1. The highest BCUT2D eigenvalue weighted by atomic mass is 16.5. The van der Waals surface area contributed by atoms with E-state index in [1.807, 2.05) is 0 Å². The van der Waals surface area contributed by atoms with Gasteiger partial charge in [-0.3, -0.25) is 0 Å². The zero-order valence-electron chi connectivity index (χ0n) is 14.7. The summed E-state index contributed by atoms with van der Waals surface area (Å²) in [6.07, 6.45) is 5.88. The lowest BCUT2D eigenvalue weighted by Gasteiger charge is -2.20. The highest BCUT2D eigenvalue weighted by Gasteiger charge is 2.13. The first-order valence-corrected chi connectivity index (χ1v) is 8.15. The van der Waals surface area contributed by atoms with Crippen LogP contribution >= 0.6 is 0 Å². The predicted octanol–water partition coefficient (Wildman–Crippen LogP) is 6.14. The van der Waals surface area contributed by atoms with Crippen molar-refractivity contribution in [2.45, 2.75) is 66.2 Å². The summed E-state index contributed by atoms with van der Waals surface area (Å²) in [5.41, 5.74) is 2.92. The number of hydrogen-bond donors (Lipinski definition) is 0. The third-order valence-corrected chi connectivity index (χ3v) is 3.79. The standard InChI is InChI=1S/C20H32O/c1-16(2)9-7-10-17(3)13-14-21-19-12-8-11-18(15-19)20(4,5)6/h8-9,11-12,15,17H,7,10,13-14H2,1-6H3/t17-/m0/s1. The summed E-state index contributed by atoms with van der Waals surface area (Å²) in [5, 5.41) is 0. The van der Waals surface area contributed by atoms with Gasteiger partial charge in [-0.25, -0.2) is 0 Å². The average Bonchev–Trinajstić information content (AvgIpc) is 2.37. The van der Waals surface area contributed by atoms with Crippen LogP contribution < -0.4 is 4.74 Å². The quantitative estimate of drug-likeness (QED) is 0.548. The van der Waals surface area contributed by atoms with Gasteiger partial charge in [0.2, 0.25) is 0 Å². The summed E-state index contributed by atoms with van der Waals surface area (Å²) < 4.78 is 5.92. The van der Waals surface area contributed by atoms with Crippen LogP contribution in [0.4, 0.5) is 0 Å². The van der Waals surface area contributed by atoms with Crippen LogP contribution in [-0.2, 0) is 5.41 Å². The van der Waals surface area contributed by atoms with E-state index < -0.39 is 0 Å². The lowest BCUT2D eigenvalue weighted by Crippen LogP contribution is -2.11. The topological polar surface area (TPSA) is 9.23 Å². The van der Waals surface area contributed by atoms with E-state index in [4.69, 9.17) is 4.74 Å². The maximum Gasteiger partial charge on any atom is 0.119 e. The SMILES string of the molecule is CC(C)=CCC[C@H](C)CCOc1cccc(C(C)(C)C)c1. The molecular formula is C20H32O. The van der Waals surface area contributed by atoms with Crippen LogP contribution in [0, 0.1) is 5.92 Å². The predicted molar refractivity (Wildman–Crippen MR) is 93.1 cm³/mol. The zero-order valence-corrected chi connectivity index (χ0v) is 14.7. The molecule has 0 N–H and O–H groups in total. The fourth-order valence-corrected chi connectivity index (χ4v) is 2.23. The molecule has 1 nitrogen and oxygen atoms in total. The summed E-state index contributed by atoms with van der Waals surface area (Å²) in [4.78, 5) is 0. The van der Waals surface area contributed by atoms with Gasteiger partial charge < -0.3 is 4.74 Å². The molecule has 118 valence electrons. The van der Waals surface area contributed by atoms with Crippen molar-refractivity contribution in [3.63, 3.8) is 0 Å². The van der Waals surface area contributed by atoms with E-state index in [1.54, 1.807) is 0 Å².